The molecule has 4 aromatic rings. The Hall–Kier alpha value is -2.93. The summed E-state index contributed by atoms with van der Waals surface area (Å²) in [6.07, 6.45) is 3.73. The van der Waals surface area contributed by atoms with Crippen LogP contribution in [0.3, 0.4) is 0 Å². The van der Waals surface area contributed by atoms with Crippen LogP contribution >= 0.6 is 11.6 Å². The number of hydrogen-bond acceptors (Lipinski definition) is 5. The Morgan fingerprint density at radius 2 is 1.96 bits per heavy atom. The smallest absolute Gasteiger partial charge is 0.226 e. The molecule has 1 N–H and O–H groups in total. The van der Waals surface area contributed by atoms with Crippen LogP contribution in [0.1, 0.15) is 31.1 Å². The number of benzene rings is 1. The minimum Gasteiger partial charge on any atom is -0.364 e. The van der Waals surface area contributed by atoms with E-state index in [0.717, 1.165) is 22.6 Å². The molecule has 7 nitrogen and oxygen atoms in total. The van der Waals surface area contributed by atoms with Crippen molar-refractivity contribution in [3.8, 4) is 5.69 Å². The lowest BCUT2D eigenvalue weighted by Crippen LogP contribution is -2.08. The van der Waals surface area contributed by atoms with Crippen LogP contribution in [-0.2, 0) is 6.54 Å². The van der Waals surface area contributed by atoms with Gasteiger partial charge in [0.15, 0.2) is 17.0 Å². The van der Waals surface area contributed by atoms with Gasteiger partial charge < -0.3 is 9.88 Å². The molecule has 27 heavy (non-hydrogen) atoms. The molecule has 0 saturated heterocycles. The van der Waals surface area contributed by atoms with E-state index in [2.05, 4.69) is 45.3 Å². The Morgan fingerprint density at radius 3 is 2.70 bits per heavy atom. The number of aryl methyl sites for hydroxylation is 1. The summed E-state index contributed by atoms with van der Waals surface area (Å²) in [5.74, 6) is 0.621. The minimum atomic E-state index is 0.198. The van der Waals surface area contributed by atoms with Gasteiger partial charge in [0.25, 0.3) is 0 Å². The number of para-hydroxylation sites is 1. The van der Waals surface area contributed by atoms with Gasteiger partial charge in [-0.15, -0.1) is 0 Å². The quantitative estimate of drug-likeness (QED) is 0.525. The van der Waals surface area contributed by atoms with Crippen LogP contribution < -0.4 is 5.32 Å². The largest absolute Gasteiger partial charge is 0.364 e. The molecule has 0 aliphatic rings. The van der Waals surface area contributed by atoms with Crippen LogP contribution in [-0.4, -0.2) is 29.3 Å². The van der Waals surface area contributed by atoms with Crippen molar-refractivity contribution in [1.82, 2.24) is 29.3 Å². The van der Waals surface area contributed by atoms with E-state index in [1.54, 1.807) is 6.33 Å². The van der Waals surface area contributed by atoms with E-state index in [-0.39, 0.29) is 11.3 Å². The Kier molecular flexibility index (Phi) is 4.53. The average Bonchev–Trinajstić information content (AvgIpc) is 3.26. The van der Waals surface area contributed by atoms with Crippen LogP contribution in [0.5, 0.6) is 0 Å². The van der Waals surface area contributed by atoms with Crippen molar-refractivity contribution in [3.05, 3.63) is 59.4 Å². The van der Waals surface area contributed by atoms with Crippen LogP contribution in [0, 0.1) is 6.92 Å². The fraction of sp³-hybridized carbons (Fsp3) is 0.263. The van der Waals surface area contributed by atoms with Gasteiger partial charge in [-0.25, -0.2) is 9.67 Å². The first-order valence-corrected chi connectivity index (χ1v) is 9.15. The maximum Gasteiger partial charge on any atom is 0.226 e. The maximum absolute atomic E-state index is 6.15. The van der Waals surface area contributed by atoms with Crippen molar-refractivity contribution in [2.45, 2.75) is 33.4 Å². The summed E-state index contributed by atoms with van der Waals surface area (Å²) in [6, 6.07) is 10.3. The Bertz CT molecular complexity index is 1100. The average molecular weight is 382 g/mol. The zero-order chi connectivity index (χ0) is 19.0. The number of nitrogens with zero attached hydrogens (tertiary/aromatic N) is 6. The third-order valence-electron chi connectivity index (χ3n) is 4.36. The van der Waals surface area contributed by atoms with Gasteiger partial charge in [0.1, 0.15) is 0 Å². The summed E-state index contributed by atoms with van der Waals surface area (Å²) in [4.78, 5) is 13.2. The zero-order valence-corrected chi connectivity index (χ0v) is 16.1. The summed E-state index contributed by atoms with van der Waals surface area (Å²) in [5.41, 5.74) is 4.51. The van der Waals surface area contributed by atoms with Crippen molar-refractivity contribution in [1.29, 1.82) is 0 Å². The van der Waals surface area contributed by atoms with Crippen molar-refractivity contribution < 1.29 is 0 Å². The second kappa shape index (κ2) is 7.00. The highest BCUT2D eigenvalue weighted by Crippen LogP contribution is 2.24. The summed E-state index contributed by atoms with van der Waals surface area (Å²) in [6.45, 7) is 6.69. The standard InChI is InChI=1S/C19H20ClN7/c1-12(2)26-11-22-16-17(23-19(20)24-18(16)26)21-10-14-6-4-5-7-15(14)27-9-8-13(3)25-27/h4-9,11-12H,10H2,1-3H3,(H,21,23,24). The molecule has 4 rings (SSSR count). The van der Waals surface area contributed by atoms with Crippen LogP contribution in [0.4, 0.5) is 5.82 Å². The molecule has 3 heterocycles. The first kappa shape index (κ1) is 17.5. The molecule has 0 unspecified atom stereocenters. The number of halogens is 1. The van der Waals surface area contributed by atoms with Crippen LogP contribution in [0.15, 0.2) is 42.9 Å². The van der Waals surface area contributed by atoms with E-state index in [1.807, 2.05) is 46.6 Å². The highest BCUT2D eigenvalue weighted by molar-refractivity contribution is 6.28. The topological polar surface area (TPSA) is 73.5 Å². The first-order chi connectivity index (χ1) is 13.0. The molecule has 0 fully saturated rings. The molecule has 0 aliphatic carbocycles. The van der Waals surface area contributed by atoms with Crippen molar-refractivity contribution in [2.24, 2.45) is 0 Å². The van der Waals surface area contributed by atoms with Gasteiger partial charge in [-0.2, -0.15) is 15.1 Å². The molecule has 0 bridgehead atoms. The third kappa shape index (κ3) is 3.38. The first-order valence-electron chi connectivity index (χ1n) is 8.77. The molecule has 0 spiro atoms. The minimum absolute atomic E-state index is 0.198. The fourth-order valence-electron chi connectivity index (χ4n) is 3.00. The lowest BCUT2D eigenvalue weighted by molar-refractivity contribution is 0.612. The number of hydrogen-bond donors (Lipinski definition) is 1. The van der Waals surface area contributed by atoms with Crippen molar-refractivity contribution in [2.75, 3.05) is 5.32 Å². The number of rotatable bonds is 5. The molecular formula is C19H20ClN7. The molecule has 138 valence electrons. The zero-order valence-electron chi connectivity index (χ0n) is 15.4. The molecule has 3 aromatic heterocycles. The second-order valence-electron chi connectivity index (χ2n) is 6.64. The monoisotopic (exact) mass is 381 g/mol. The Balaban J connectivity index is 1.67. The Labute approximate surface area is 162 Å². The van der Waals surface area contributed by atoms with Crippen molar-refractivity contribution in [3.63, 3.8) is 0 Å². The summed E-state index contributed by atoms with van der Waals surface area (Å²) >= 11 is 6.15. The van der Waals surface area contributed by atoms with Gasteiger partial charge >= 0.3 is 0 Å². The third-order valence-corrected chi connectivity index (χ3v) is 4.53. The van der Waals surface area contributed by atoms with Crippen LogP contribution in [0.2, 0.25) is 5.28 Å². The number of anilines is 1. The summed E-state index contributed by atoms with van der Waals surface area (Å²) < 4.78 is 3.86. The SMILES string of the molecule is Cc1ccn(-c2ccccc2CNc2nc(Cl)nc3c2ncn3C(C)C)n1. The van der Waals surface area contributed by atoms with Gasteiger partial charge in [-0.1, -0.05) is 18.2 Å². The molecule has 0 radical (unpaired) electrons. The molecule has 0 aliphatic heterocycles. The highest BCUT2D eigenvalue weighted by atomic mass is 35.5. The lowest BCUT2D eigenvalue weighted by atomic mass is 10.2. The van der Waals surface area contributed by atoms with E-state index in [9.17, 15) is 0 Å². The number of fused-ring (bicyclic) bond motifs is 1. The van der Waals surface area contributed by atoms with Gasteiger partial charge in [-0.05, 0) is 50.1 Å². The molecule has 8 heteroatoms. The van der Waals surface area contributed by atoms with Gasteiger partial charge in [-0.3, -0.25) is 0 Å². The normalized spacial score (nSPS) is 11.4. The molecular weight excluding hydrogens is 362 g/mol. The number of nitrogens with one attached hydrogen (secondary N) is 1. The van der Waals surface area contributed by atoms with Crippen LogP contribution in [0.25, 0.3) is 16.9 Å². The van der Waals surface area contributed by atoms with E-state index in [4.69, 9.17) is 11.6 Å². The second-order valence-corrected chi connectivity index (χ2v) is 6.98. The summed E-state index contributed by atoms with van der Waals surface area (Å²) in [5, 5.41) is 8.07. The maximum atomic E-state index is 6.15. The predicted molar refractivity (Wildman–Crippen MR) is 106 cm³/mol. The van der Waals surface area contributed by atoms with Gasteiger partial charge in [0, 0.05) is 18.8 Å². The van der Waals surface area contributed by atoms with Gasteiger partial charge in [0.2, 0.25) is 5.28 Å². The Morgan fingerprint density at radius 1 is 1.15 bits per heavy atom. The molecule has 0 saturated carbocycles. The van der Waals surface area contributed by atoms with E-state index >= 15 is 0 Å². The van der Waals surface area contributed by atoms with E-state index in [0.29, 0.717) is 17.9 Å². The molecule has 0 atom stereocenters. The predicted octanol–water partition coefficient (Wildman–Crippen LogP) is 4.17. The highest BCUT2D eigenvalue weighted by Gasteiger charge is 2.14. The molecule has 0 amide bonds. The number of aromatic nitrogens is 6. The van der Waals surface area contributed by atoms with Gasteiger partial charge in [0.05, 0.1) is 17.7 Å². The van der Waals surface area contributed by atoms with Crippen molar-refractivity contribution >= 4 is 28.6 Å². The summed E-state index contributed by atoms with van der Waals surface area (Å²) in [7, 11) is 0. The number of imidazole rings is 1. The van der Waals surface area contributed by atoms with E-state index in [1.165, 1.54) is 0 Å². The lowest BCUT2D eigenvalue weighted by Gasteiger charge is -2.12. The fourth-order valence-corrected chi connectivity index (χ4v) is 3.17. The molecule has 1 aromatic carbocycles. The van der Waals surface area contributed by atoms with E-state index < -0.39 is 0 Å².